The Morgan fingerprint density at radius 3 is 2.73 bits per heavy atom. The lowest BCUT2D eigenvalue weighted by molar-refractivity contribution is -0.384. The Bertz CT molecular complexity index is 752. The maximum Gasteiger partial charge on any atom is 0.338 e. The van der Waals surface area contributed by atoms with Crippen molar-refractivity contribution in [3.8, 4) is 0 Å². The lowest BCUT2D eigenvalue weighted by Crippen LogP contribution is -2.45. The Morgan fingerprint density at radius 1 is 1.38 bits per heavy atom. The largest absolute Gasteiger partial charge is 0.459 e. The number of hydrogen-bond donors (Lipinski definition) is 2. The van der Waals surface area contributed by atoms with Gasteiger partial charge in [0.05, 0.1) is 22.6 Å². The second-order valence-electron chi connectivity index (χ2n) is 6.15. The van der Waals surface area contributed by atoms with Crippen LogP contribution in [0.5, 0.6) is 0 Å². The third kappa shape index (κ3) is 3.83. The Balaban J connectivity index is 1.81. The van der Waals surface area contributed by atoms with E-state index in [1.807, 2.05) is 0 Å². The van der Waals surface area contributed by atoms with Crippen LogP contribution >= 0.6 is 0 Å². The SMILES string of the molecule is CC1=C(C(=O)OC[C@@H]2CCCO2)[C@H](c2ccc([N+](=O)[O-])cc2)NC(=O)N1. The number of carbonyl (C=O) groups is 2. The molecule has 2 atom stereocenters. The summed E-state index contributed by atoms with van der Waals surface area (Å²) in [5.41, 5.74) is 1.12. The molecule has 9 nitrogen and oxygen atoms in total. The average Bonchev–Trinajstić information content (AvgIpc) is 3.12. The predicted octanol–water partition coefficient (Wildman–Crippen LogP) is 1.94. The fourth-order valence-corrected chi connectivity index (χ4v) is 3.03. The van der Waals surface area contributed by atoms with Crippen LogP contribution in [0.1, 0.15) is 31.4 Å². The highest BCUT2D eigenvalue weighted by Crippen LogP contribution is 2.29. The van der Waals surface area contributed by atoms with E-state index >= 15 is 0 Å². The minimum atomic E-state index is -0.749. The number of hydrogen-bond acceptors (Lipinski definition) is 6. The van der Waals surface area contributed by atoms with Crippen molar-refractivity contribution in [1.29, 1.82) is 0 Å². The monoisotopic (exact) mass is 361 g/mol. The highest BCUT2D eigenvalue weighted by molar-refractivity contribution is 5.95. The normalized spacial score (nSPS) is 22.6. The lowest BCUT2D eigenvalue weighted by Gasteiger charge is -2.28. The van der Waals surface area contributed by atoms with Crippen LogP contribution in [0.25, 0.3) is 0 Å². The molecule has 2 aliphatic heterocycles. The topological polar surface area (TPSA) is 120 Å². The summed E-state index contributed by atoms with van der Waals surface area (Å²) in [6, 6.07) is 4.47. The second kappa shape index (κ2) is 7.52. The number of nitrogens with one attached hydrogen (secondary N) is 2. The zero-order valence-electron chi connectivity index (χ0n) is 14.2. The standard InChI is InChI=1S/C17H19N3O6/c1-10-14(16(21)26-9-13-3-2-8-25-13)15(19-17(22)18-10)11-4-6-12(7-5-11)20(23)24/h4-7,13,15H,2-3,8-9H2,1H3,(H2,18,19,22)/t13-,15-/m0/s1. The molecule has 2 heterocycles. The number of urea groups is 1. The van der Waals surface area contributed by atoms with Crippen LogP contribution in [0.4, 0.5) is 10.5 Å². The fraction of sp³-hybridized carbons (Fsp3) is 0.412. The molecule has 3 rings (SSSR count). The maximum atomic E-state index is 12.6. The van der Waals surface area contributed by atoms with Gasteiger partial charge in [0, 0.05) is 24.4 Å². The molecule has 26 heavy (non-hydrogen) atoms. The molecule has 0 bridgehead atoms. The summed E-state index contributed by atoms with van der Waals surface area (Å²) in [6.45, 7) is 2.42. The van der Waals surface area contributed by atoms with Gasteiger partial charge in [-0.2, -0.15) is 0 Å². The smallest absolute Gasteiger partial charge is 0.338 e. The third-order valence-corrected chi connectivity index (χ3v) is 4.35. The molecule has 2 aliphatic rings. The number of benzene rings is 1. The molecule has 138 valence electrons. The van der Waals surface area contributed by atoms with Gasteiger partial charge in [0.2, 0.25) is 0 Å². The van der Waals surface area contributed by atoms with Crippen LogP contribution in [0.15, 0.2) is 35.5 Å². The lowest BCUT2D eigenvalue weighted by atomic mass is 9.95. The number of amides is 2. The molecule has 2 N–H and O–H groups in total. The Kier molecular flexibility index (Phi) is 5.17. The molecule has 2 amide bonds. The Labute approximate surface area is 149 Å². The zero-order chi connectivity index (χ0) is 18.7. The number of nitrogens with zero attached hydrogens (tertiary/aromatic N) is 1. The van der Waals surface area contributed by atoms with Crippen molar-refractivity contribution in [2.45, 2.75) is 31.9 Å². The van der Waals surface area contributed by atoms with Crippen molar-refractivity contribution in [3.63, 3.8) is 0 Å². The van der Waals surface area contributed by atoms with E-state index in [0.29, 0.717) is 17.9 Å². The highest BCUT2D eigenvalue weighted by Gasteiger charge is 2.33. The number of rotatable bonds is 5. The molecular weight excluding hydrogens is 342 g/mol. The van der Waals surface area contributed by atoms with E-state index in [0.717, 1.165) is 12.8 Å². The molecule has 0 unspecified atom stereocenters. The number of non-ortho nitro benzene ring substituents is 1. The van der Waals surface area contributed by atoms with Gasteiger partial charge < -0.3 is 20.1 Å². The van der Waals surface area contributed by atoms with Gasteiger partial charge in [-0.3, -0.25) is 10.1 Å². The zero-order valence-corrected chi connectivity index (χ0v) is 14.2. The van der Waals surface area contributed by atoms with Crippen molar-refractivity contribution in [2.24, 2.45) is 0 Å². The van der Waals surface area contributed by atoms with Gasteiger partial charge in [-0.1, -0.05) is 0 Å². The maximum absolute atomic E-state index is 12.6. The van der Waals surface area contributed by atoms with E-state index in [9.17, 15) is 19.7 Å². The second-order valence-corrected chi connectivity index (χ2v) is 6.15. The first-order valence-electron chi connectivity index (χ1n) is 8.27. The number of ether oxygens (including phenoxy) is 2. The van der Waals surface area contributed by atoms with Crippen LogP contribution in [-0.2, 0) is 14.3 Å². The summed E-state index contributed by atoms with van der Waals surface area (Å²) in [6.07, 6.45) is 1.67. The van der Waals surface area contributed by atoms with Gasteiger partial charge in [0.15, 0.2) is 0 Å². The van der Waals surface area contributed by atoms with Crippen LogP contribution < -0.4 is 10.6 Å². The van der Waals surface area contributed by atoms with E-state index in [4.69, 9.17) is 9.47 Å². The molecule has 0 radical (unpaired) electrons. The predicted molar refractivity (Wildman–Crippen MR) is 90.1 cm³/mol. The van der Waals surface area contributed by atoms with Crippen LogP contribution in [-0.4, -0.2) is 36.2 Å². The van der Waals surface area contributed by atoms with Gasteiger partial charge >= 0.3 is 12.0 Å². The summed E-state index contributed by atoms with van der Waals surface area (Å²) >= 11 is 0. The Morgan fingerprint density at radius 2 is 2.12 bits per heavy atom. The first-order chi connectivity index (χ1) is 12.5. The average molecular weight is 361 g/mol. The van der Waals surface area contributed by atoms with Crippen molar-refractivity contribution >= 4 is 17.7 Å². The van der Waals surface area contributed by atoms with Gasteiger partial charge in [0.25, 0.3) is 5.69 Å². The van der Waals surface area contributed by atoms with E-state index < -0.39 is 23.0 Å². The first kappa shape index (κ1) is 17.9. The van der Waals surface area contributed by atoms with E-state index in [2.05, 4.69) is 10.6 Å². The number of carbonyl (C=O) groups excluding carboxylic acids is 2. The van der Waals surface area contributed by atoms with Crippen LogP contribution in [0.3, 0.4) is 0 Å². The quantitative estimate of drug-likeness (QED) is 0.470. The van der Waals surface area contributed by atoms with Crippen molar-refractivity contribution < 1.29 is 24.0 Å². The Hall–Kier alpha value is -2.94. The molecular formula is C17H19N3O6. The van der Waals surface area contributed by atoms with Crippen molar-refractivity contribution in [3.05, 3.63) is 51.2 Å². The molecule has 1 aromatic rings. The van der Waals surface area contributed by atoms with E-state index in [-0.39, 0.29) is 24.0 Å². The van der Waals surface area contributed by atoms with Crippen LogP contribution in [0.2, 0.25) is 0 Å². The van der Waals surface area contributed by atoms with Gasteiger partial charge in [-0.15, -0.1) is 0 Å². The number of allylic oxidation sites excluding steroid dienone is 1. The van der Waals surface area contributed by atoms with Gasteiger partial charge in [-0.25, -0.2) is 9.59 Å². The van der Waals surface area contributed by atoms with Crippen molar-refractivity contribution in [2.75, 3.05) is 13.2 Å². The summed E-state index contributed by atoms with van der Waals surface area (Å²) in [4.78, 5) is 34.7. The summed E-state index contributed by atoms with van der Waals surface area (Å²) in [5.74, 6) is -0.561. The molecule has 0 aliphatic carbocycles. The molecule has 1 saturated heterocycles. The van der Waals surface area contributed by atoms with Gasteiger partial charge in [0.1, 0.15) is 6.61 Å². The van der Waals surface area contributed by atoms with Gasteiger partial charge in [-0.05, 0) is 37.5 Å². The minimum absolute atomic E-state index is 0.0720. The number of esters is 1. The molecule has 0 spiro atoms. The molecule has 1 fully saturated rings. The first-order valence-corrected chi connectivity index (χ1v) is 8.27. The number of nitro groups is 1. The fourth-order valence-electron chi connectivity index (χ4n) is 3.03. The number of nitro benzene ring substituents is 1. The van der Waals surface area contributed by atoms with Crippen molar-refractivity contribution in [1.82, 2.24) is 10.6 Å². The summed E-state index contributed by atoms with van der Waals surface area (Å²) in [5, 5.41) is 16.0. The molecule has 1 aromatic carbocycles. The van der Waals surface area contributed by atoms with E-state index in [1.165, 1.54) is 24.3 Å². The van der Waals surface area contributed by atoms with Crippen LogP contribution in [0, 0.1) is 10.1 Å². The third-order valence-electron chi connectivity index (χ3n) is 4.35. The summed E-state index contributed by atoms with van der Waals surface area (Å²) in [7, 11) is 0. The minimum Gasteiger partial charge on any atom is -0.459 e. The molecule has 0 aromatic heterocycles. The highest BCUT2D eigenvalue weighted by atomic mass is 16.6. The summed E-state index contributed by atoms with van der Waals surface area (Å²) < 4.78 is 10.8. The van der Waals surface area contributed by atoms with E-state index in [1.54, 1.807) is 6.92 Å². The molecule has 9 heteroatoms. The molecule has 0 saturated carbocycles.